The Morgan fingerprint density at radius 1 is 1.10 bits per heavy atom. The second-order valence-corrected chi connectivity index (χ2v) is 7.72. The van der Waals surface area contributed by atoms with Crippen LogP contribution in [0.5, 0.6) is 0 Å². The van der Waals surface area contributed by atoms with Gasteiger partial charge >= 0.3 is 0 Å². The summed E-state index contributed by atoms with van der Waals surface area (Å²) in [4.78, 5) is 31.5. The molecule has 1 unspecified atom stereocenters. The van der Waals surface area contributed by atoms with E-state index in [4.69, 9.17) is 0 Å². The molecule has 0 bridgehead atoms. The lowest BCUT2D eigenvalue weighted by molar-refractivity contribution is -0.132. The molecule has 0 saturated carbocycles. The number of amides is 1. The summed E-state index contributed by atoms with van der Waals surface area (Å²) in [5.41, 5.74) is 1.95. The van der Waals surface area contributed by atoms with E-state index < -0.39 is 23.5 Å². The number of aliphatic hydroxyl groups is 1. The Hall–Kier alpha value is -3.32. The topological polar surface area (TPSA) is 70.5 Å². The first-order chi connectivity index (χ1) is 14.4. The first-order valence-corrected chi connectivity index (χ1v) is 9.92. The number of rotatable bonds is 3. The Morgan fingerprint density at radius 2 is 1.83 bits per heavy atom. The maximum absolute atomic E-state index is 13.4. The summed E-state index contributed by atoms with van der Waals surface area (Å²) in [6, 6.07) is 14.6. The molecule has 1 aliphatic heterocycles. The van der Waals surface area contributed by atoms with E-state index in [0.717, 1.165) is 10.0 Å². The number of anilines is 1. The molecule has 0 spiro atoms. The van der Waals surface area contributed by atoms with Crippen molar-refractivity contribution in [1.82, 2.24) is 4.98 Å². The third-order valence-corrected chi connectivity index (χ3v) is 5.84. The Labute approximate surface area is 180 Å². The molecule has 150 valence electrons. The smallest absolute Gasteiger partial charge is 0.300 e. The molecular formula is C23H16BrFN2O3. The number of halogens is 2. The van der Waals surface area contributed by atoms with Gasteiger partial charge < -0.3 is 5.11 Å². The summed E-state index contributed by atoms with van der Waals surface area (Å²) in [5.74, 6) is -2.39. The molecule has 1 saturated heterocycles. The number of hydrogen-bond acceptors (Lipinski definition) is 4. The van der Waals surface area contributed by atoms with Gasteiger partial charge in [-0.3, -0.25) is 19.5 Å². The lowest BCUT2D eigenvalue weighted by Gasteiger charge is -2.24. The molecule has 1 aliphatic rings. The lowest BCUT2D eigenvalue weighted by Crippen LogP contribution is -2.29. The summed E-state index contributed by atoms with van der Waals surface area (Å²) in [7, 11) is 0. The van der Waals surface area contributed by atoms with Crippen molar-refractivity contribution in [3.05, 3.63) is 99.5 Å². The molecule has 2 aromatic carbocycles. The van der Waals surface area contributed by atoms with Crippen molar-refractivity contribution < 1.29 is 19.1 Å². The minimum absolute atomic E-state index is 0.0650. The number of aromatic nitrogens is 1. The van der Waals surface area contributed by atoms with Crippen molar-refractivity contribution in [3.63, 3.8) is 0 Å². The lowest BCUT2D eigenvalue weighted by atomic mass is 9.97. The molecule has 2 heterocycles. The molecule has 1 aromatic heterocycles. The van der Waals surface area contributed by atoms with E-state index in [2.05, 4.69) is 20.9 Å². The molecule has 3 aromatic rings. The summed E-state index contributed by atoms with van der Waals surface area (Å²) in [6.07, 6.45) is 1.55. The monoisotopic (exact) mass is 466 g/mol. The first kappa shape index (κ1) is 20.0. The molecular weight excluding hydrogens is 451 g/mol. The summed E-state index contributed by atoms with van der Waals surface area (Å²) in [6.45, 7) is 1.86. The van der Waals surface area contributed by atoms with E-state index >= 15 is 0 Å². The Morgan fingerprint density at radius 3 is 2.47 bits per heavy atom. The summed E-state index contributed by atoms with van der Waals surface area (Å²) in [5, 5.41) is 11.0. The van der Waals surface area contributed by atoms with Crippen LogP contribution < -0.4 is 4.90 Å². The minimum Gasteiger partial charge on any atom is -0.507 e. The van der Waals surface area contributed by atoms with Crippen LogP contribution in [0.3, 0.4) is 0 Å². The number of hydrogen-bond donors (Lipinski definition) is 1. The van der Waals surface area contributed by atoms with E-state index in [1.54, 1.807) is 42.6 Å². The van der Waals surface area contributed by atoms with E-state index in [9.17, 15) is 19.1 Å². The number of nitrogens with zero attached hydrogens (tertiary/aromatic N) is 2. The third kappa shape index (κ3) is 3.41. The highest BCUT2D eigenvalue weighted by Crippen LogP contribution is 2.41. The zero-order chi connectivity index (χ0) is 21.4. The summed E-state index contributed by atoms with van der Waals surface area (Å²) >= 11 is 3.41. The first-order valence-electron chi connectivity index (χ1n) is 9.12. The molecule has 1 fully saturated rings. The number of benzene rings is 2. The Balaban J connectivity index is 1.94. The highest BCUT2D eigenvalue weighted by atomic mass is 79.9. The standard InChI is InChI=1S/C23H16BrFN2O3/c1-13-12-14(5-10-17(13)24)21(28)19-20(18-4-2-3-11-26-18)27(23(30)22(19)29)16-8-6-15(25)7-9-16/h2-12,20,28H,1H3/b21-19-. The van der Waals surface area contributed by atoms with Gasteiger partial charge in [-0.05, 0) is 61.0 Å². The highest BCUT2D eigenvalue weighted by molar-refractivity contribution is 9.10. The zero-order valence-corrected chi connectivity index (χ0v) is 17.4. The molecule has 1 amide bonds. The number of ketones is 1. The zero-order valence-electron chi connectivity index (χ0n) is 15.8. The van der Waals surface area contributed by atoms with Crippen molar-refractivity contribution in [1.29, 1.82) is 0 Å². The van der Waals surface area contributed by atoms with E-state index in [0.29, 0.717) is 16.9 Å². The number of aliphatic hydroxyl groups excluding tert-OH is 1. The molecule has 30 heavy (non-hydrogen) atoms. The van der Waals surface area contributed by atoms with Crippen LogP contribution >= 0.6 is 15.9 Å². The van der Waals surface area contributed by atoms with Gasteiger partial charge in [0.1, 0.15) is 17.6 Å². The van der Waals surface area contributed by atoms with Gasteiger partial charge in [-0.25, -0.2) is 4.39 Å². The summed E-state index contributed by atoms with van der Waals surface area (Å²) < 4.78 is 14.3. The molecule has 4 rings (SSSR count). The van der Waals surface area contributed by atoms with Crippen LogP contribution in [0.2, 0.25) is 0 Å². The molecule has 0 radical (unpaired) electrons. The van der Waals surface area contributed by atoms with Crippen molar-refractivity contribution in [2.24, 2.45) is 0 Å². The van der Waals surface area contributed by atoms with Gasteiger partial charge in [0.05, 0.1) is 11.3 Å². The van der Waals surface area contributed by atoms with Crippen LogP contribution in [0.1, 0.15) is 22.9 Å². The third-order valence-electron chi connectivity index (χ3n) is 4.95. The number of carbonyl (C=O) groups excluding carboxylic acids is 2. The number of carbonyl (C=O) groups is 2. The quantitative estimate of drug-likeness (QED) is 0.338. The van der Waals surface area contributed by atoms with Gasteiger partial charge in [0, 0.05) is 21.9 Å². The van der Waals surface area contributed by atoms with Crippen LogP contribution in [0.4, 0.5) is 10.1 Å². The van der Waals surface area contributed by atoms with E-state index in [1.165, 1.54) is 29.2 Å². The molecule has 7 heteroatoms. The second kappa shape index (κ2) is 7.84. The average molecular weight is 467 g/mol. The van der Waals surface area contributed by atoms with E-state index in [-0.39, 0.29) is 11.3 Å². The van der Waals surface area contributed by atoms with Crippen LogP contribution in [0.15, 0.2) is 76.9 Å². The van der Waals surface area contributed by atoms with Crippen molar-refractivity contribution in [3.8, 4) is 0 Å². The van der Waals surface area contributed by atoms with Crippen molar-refractivity contribution in [2.45, 2.75) is 13.0 Å². The highest BCUT2D eigenvalue weighted by Gasteiger charge is 2.47. The predicted molar refractivity (Wildman–Crippen MR) is 114 cm³/mol. The van der Waals surface area contributed by atoms with Crippen LogP contribution in [-0.2, 0) is 9.59 Å². The number of aryl methyl sites for hydroxylation is 1. The average Bonchev–Trinajstić information content (AvgIpc) is 3.02. The maximum atomic E-state index is 13.4. The van der Waals surface area contributed by atoms with Gasteiger partial charge in [-0.1, -0.05) is 28.1 Å². The predicted octanol–water partition coefficient (Wildman–Crippen LogP) is 4.92. The normalized spacial score (nSPS) is 18.1. The second-order valence-electron chi connectivity index (χ2n) is 6.86. The minimum atomic E-state index is -0.944. The fourth-order valence-electron chi connectivity index (χ4n) is 3.47. The maximum Gasteiger partial charge on any atom is 0.300 e. The van der Waals surface area contributed by atoms with Gasteiger partial charge in [0.2, 0.25) is 0 Å². The van der Waals surface area contributed by atoms with Crippen molar-refractivity contribution >= 4 is 39.1 Å². The largest absolute Gasteiger partial charge is 0.507 e. The van der Waals surface area contributed by atoms with E-state index in [1.807, 2.05) is 6.92 Å². The SMILES string of the molecule is Cc1cc(/C(O)=C2/C(=O)C(=O)N(c3ccc(F)cc3)C2c2ccccn2)ccc1Br. The van der Waals surface area contributed by atoms with Crippen LogP contribution in [0, 0.1) is 12.7 Å². The number of pyridine rings is 1. The fraction of sp³-hybridized carbons (Fsp3) is 0.0870. The van der Waals surface area contributed by atoms with Gasteiger partial charge in [0.25, 0.3) is 11.7 Å². The van der Waals surface area contributed by atoms with Gasteiger partial charge in [0.15, 0.2) is 0 Å². The molecule has 1 atom stereocenters. The van der Waals surface area contributed by atoms with Crippen LogP contribution in [0.25, 0.3) is 5.76 Å². The fourth-order valence-corrected chi connectivity index (χ4v) is 3.71. The van der Waals surface area contributed by atoms with Gasteiger partial charge in [-0.2, -0.15) is 0 Å². The molecule has 5 nitrogen and oxygen atoms in total. The Kier molecular flexibility index (Phi) is 5.22. The van der Waals surface area contributed by atoms with Gasteiger partial charge in [-0.15, -0.1) is 0 Å². The molecule has 1 N–H and O–H groups in total. The number of Topliss-reactive ketones (excluding diaryl/α,β-unsaturated/α-hetero) is 1. The van der Waals surface area contributed by atoms with Crippen LogP contribution in [-0.4, -0.2) is 21.8 Å². The molecule has 0 aliphatic carbocycles. The Bertz CT molecular complexity index is 1180. The van der Waals surface area contributed by atoms with Crippen molar-refractivity contribution in [2.75, 3.05) is 4.90 Å².